The van der Waals surface area contributed by atoms with Crippen LogP contribution in [-0.4, -0.2) is 146 Å². The van der Waals surface area contributed by atoms with E-state index in [-0.39, 0.29) is 54.6 Å². The van der Waals surface area contributed by atoms with Crippen LogP contribution >= 0.6 is 11.9 Å². The molecule has 2 aromatic heterocycles. The van der Waals surface area contributed by atoms with Crippen LogP contribution in [0.2, 0.25) is 0 Å². The molecular formula is C45H60FN11O5S. The number of aryl methyl sites for hydroxylation is 1. The van der Waals surface area contributed by atoms with Crippen molar-refractivity contribution in [2.24, 2.45) is 13.0 Å². The van der Waals surface area contributed by atoms with Crippen molar-refractivity contribution < 1.29 is 29.0 Å². The van der Waals surface area contributed by atoms with Gasteiger partial charge in [0.05, 0.1) is 28.8 Å². The molecule has 0 bridgehead atoms. The van der Waals surface area contributed by atoms with Crippen molar-refractivity contribution >= 4 is 64.3 Å². The number of benzene rings is 1. The second-order valence-electron chi connectivity index (χ2n) is 18.2. The molecule has 3 fully saturated rings. The first kappa shape index (κ1) is 43.5. The third kappa shape index (κ3) is 8.63. The van der Waals surface area contributed by atoms with E-state index in [1.54, 1.807) is 34.8 Å². The van der Waals surface area contributed by atoms with Crippen molar-refractivity contribution in [3.05, 3.63) is 53.9 Å². The molecular weight excluding hydrogens is 826 g/mol. The summed E-state index contributed by atoms with van der Waals surface area (Å²) in [5.74, 6) is 1.72. The van der Waals surface area contributed by atoms with Crippen LogP contribution in [-0.2, 0) is 26.8 Å². The number of hydrogen-bond acceptors (Lipinski definition) is 13. The van der Waals surface area contributed by atoms with Gasteiger partial charge in [0.1, 0.15) is 12.0 Å². The molecule has 1 aromatic carbocycles. The first-order valence-electron chi connectivity index (χ1n) is 22.6. The number of aliphatic hydroxyl groups is 2. The number of piperidine rings is 1. The number of fused-ring (bicyclic) bond motifs is 3. The maximum Gasteiger partial charge on any atom is 0.239 e. The Bertz CT molecular complexity index is 2260. The first-order valence-corrected chi connectivity index (χ1v) is 23.5. The molecule has 7 atom stereocenters. The summed E-state index contributed by atoms with van der Waals surface area (Å²) < 4.78 is 19.9. The summed E-state index contributed by atoms with van der Waals surface area (Å²) in [6.07, 6.45) is 12.6. The quantitative estimate of drug-likeness (QED) is 0.109. The third-order valence-electron chi connectivity index (χ3n) is 14.3. The van der Waals surface area contributed by atoms with Gasteiger partial charge >= 0.3 is 0 Å². The van der Waals surface area contributed by atoms with E-state index in [2.05, 4.69) is 60.0 Å². The van der Waals surface area contributed by atoms with E-state index in [0.717, 1.165) is 93.3 Å². The van der Waals surface area contributed by atoms with Gasteiger partial charge < -0.3 is 25.7 Å². The number of piperazine rings is 1. The highest BCUT2D eigenvalue weighted by atomic mass is 32.2. The largest absolute Gasteiger partial charge is 0.513 e. The Morgan fingerprint density at radius 3 is 2.71 bits per heavy atom. The molecule has 338 valence electrons. The highest BCUT2D eigenvalue weighted by Gasteiger charge is 2.61. The molecule has 2 saturated heterocycles. The molecule has 4 N–H and O–H groups in total. The minimum Gasteiger partial charge on any atom is -0.513 e. The van der Waals surface area contributed by atoms with Gasteiger partial charge in [-0.3, -0.25) is 33.8 Å². The predicted molar refractivity (Wildman–Crippen MR) is 243 cm³/mol. The number of carbonyl (C=O) groups is 3. The monoisotopic (exact) mass is 885 g/mol. The van der Waals surface area contributed by atoms with E-state index in [1.807, 2.05) is 25.3 Å². The van der Waals surface area contributed by atoms with Crippen LogP contribution in [0.3, 0.4) is 0 Å². The van der Waals surface area contributed by atoms with Crippen LogP contribution in [0.5, 0.6) is 0 Å². The number of amides is 3. The van der Waals surface area contributed by atoms with Gasteiger partial charge in [0, 0.05) is 119 Å². The number of halogens is 1. The van der Waals surface area contributed by atoms with Gasteiger partial charge in [-0.1, -0.05) is 24.1 Å². The SMILES string of the molecule is CNC(=O)CCN(C=O)c1nn(C)c2cc(N3CCN([C@@H](C)C4CC(SN5CCC(Nc6ncc7c(n6)N(C6CCCC=C(O)C6)C(=O)C76CC6)C(F)C5)C=C[C@H]4O)CC3)ccc12. The summed E-state index contributed by atoms with van der Waals surface area (Å²) in [6, 6.07) is 5.68. The molecule has 63 heavy (non-hydrogen) atoms. The molecule has 1 saturated carbocycles. The third-order valence-corrected chi connectivity index (χ3v) is 15.6. The number of aliphatic hydroxyl groups excluding tert-OH is 2. The number of aromatic nitrogens is 4. The minimum atomic E-state index is -1.16. The molecule has 9 rings (SSSR count). The summed E-state index contributed by atoms with van der Waals surface area (Å²) in [4.78, 5) is 55.1. The lowest BCUT2D eigenvalue weighted by atomic mass is 9.85. The fraction of sp³-hybridized carbons (Fsp3) is 0.600. The van der Waals surface area contributed by atoms with Gasteiger partial charge in [-0.15, -0.1) is 0 Å². The Balaban J connectivity index is 0.772. The molecule has 5 unspecified atom stereocenters. The summed E-state index contributed by atoms with van der Waals surface area (Å²) in [7, 11) is 3.44. The van der Waals surface area contributed by atoms with Gasteiger partial charge in [0.15, 0.2) is 5.82 Å². The van der Waals surface area contributed by atoms with Crippen LogP contribution in [0.15, 0.2) is 48.4 Å². The molecule has 6 aliphatic rings. The molecule has 16 nitrogen and oxygen atoms in total. The topological polar surface area (TPSA) is 176 Å². The molecule has 3 amide bonds. The average molecular weight is 886 g/mol. The molecule has 5 heterocycles. The van der Waals surface area contributed by atoms with E-state index in [1.165, 1.54) is 4.90 Å². The van der Waals surface area contributed by atoms with Gasteiger partial charge in [-0.05, 0) is 76.1 Å². The van der Waals surface area contributed by atoms with Crippen LogP contribution in [0.25, 0.3) is 10.9 Å². The lowest BCUT2D eigenvalue weighted by Crippen LogP contribution is -2.53. The number of hydrogen-bond donors (Lipinski definition) is 4. The van der Waals surface area contributed by atoms with Gasteiger partial charge in [0.2, 0.25) is 24.2 Å². The highest BCUT2D eigenvalue weighted by molar-refractivity contribution is 7.97. The number of nitrogens with one attached hydrogen (secondary N) is 2. The lowest BCUT2D eigenvalue weighted by molar-refractivity contribution is -0.121. The standard InChI is InChI=1S/C45H60FN11O5S/c1-28(53-18-20-54(21-19-53)29-8-10-33-38(23-29)52(3)51-41(33)55(27-58)16-13-40(61)47-2)34-24-32(9-11-39(34)60)63-56-17-12-37(36(46)26-56)49-44-48-25-35-42(50-44)57(43(62)45(35)14-15-45)30-6-4-5-7-31(59)22-30/h7-11,23,25,27-28,30,32,34,36-37,39,59-60H,4-6,12-22,24,26H2,1-3H3,(H,47,61)(H,48,49,50)/t28-,30?,32?,34?,36?,37?,39+/m0/s1. The van der Waals surface area contributed by atoms with Crippen molar-refractivity contribution in [3.8, 4) is 0 Å². The number of nitrogens with zero attached hydrogens (tertiary/aromatic N) is 9. The summed E-state index contributed by atoms with van der Waals surface area (Å²) >= 11 is 1.67. The van der Waals surface area contributed by atoms with Crippen molar-refractivity contribution in [2.45, 2.75) is 106 Å². The maximum absolute atomic E-state index is 16.0. The van der Waals surface area contributed by atoms with Crippen molar-refractivity contribution in [1.82, 2.24) is 34.3 Å². The number of allylic oxidation sites excluding steroid dienone is 1. The number of alkyl halides is 1. The zero-order valence-electron chi connectivity index (χ0n) is 36.4. The van der Waals surface area contributed by atoms with Crippen molar-refractivity contribution in [2.75, 3.05) is 72.9 Å². The summed E-state index contributed by atoms with van der Waals surface area (Å²) in [5, 5.41) is 33.1. The van der Waals surface area contributed by atoms with Gasteiger partial charge in [-0.25, -0.2) is 13.7 Å². The fourth-order valence-electron chi connectivity index (χ4n) is 10.4. The number of rotatable bonds is 13. The van der Waals surface area contributed by atoms with Crippen LogP contribution < -0.4 is 25.3 Å². The van der Waals surface area contributed by atoms with Crippen LogP contribution in [0, 0.1) is 5.92 Å². The molecule has 3 aliphatic heterocycles. The van der Waals surface area contributed by atoms with Crippen molar-refractivity contribution in [1.29, 1.82) is 0 Å². The molecule has 3 aromatic rings. The van der Waals surface area contributed by atoms with E-state index >= 15 is 4.39 Å². The number of carbonyl (C=O) groups excluding carboxylic acids is 3. The Morgan fingerprint density at radius 2 is 1.97 bits per heavy atom. The summed E-state index contributed by atoms with van der Waals surface area (Å²) in [6.45, 7) is 6.71. The predicted octanol–water partition coefficient (Wildman–Crippen LogP) is 4.21. The second-order valence-corrected chi connectivity index (χ2v) is 19.5. The Labute approximate surface area is 372 Å². The Hall–Kier alpha value is -4.78. The lowest BCUT2D eigenvalue weighted by Gasteiger charge is -2.44. The molecule has 0 radical (unpaired) electrons. The first-order chi connectivity index (χ1) is 30.5. The van der Waals surface area contributed by atoms with Gasteiger partial charge in [0.25, 0.3) is 0 Å². The highest BCUT2D eigenvalue weighted by Crippen LogP contribution is 2.57. The normalized spacial score (nSPS) is 27.8. The zero-order valence-corrected chi connectivity index (χ0v) is 37.2. The molecule has 18 heteroatoms. The zero-order chi connectivity index (χ0) is 44.0. The maximum atomic E-state index is 16.0. The van der Waals surface area contributed by atoms with E-state index < -0.39 is 23.7 Å². The minimum absolute atomic E-state index is 0.0315. The van der Waals surface area contributed by atoms with E-state index in [0.29, 0.717) is 42.7 Å². The second kappa shape index (κ2) is 18.0. The number of anilines is 4. The molecule has 3 aliphatic carbocycles. The van der Waals surface area contributed by atoms with E-state index in [9.17, 15) is 24.6 Å². The Kier molecular flexibility index (Phi) is 12.4. The van der Waals surface area contributed by atoms with E-state index in [4.69, 9.17) is 4.98 Å². The Morgan fingerprint density at radius 1 is 1.16 bits per heavy atom. The van der Waals surface area contributed by atoms with Crippen LogP contribution in [0.4, 0.5) is 27.7 Å². The fourth-order valence-corrected chi connectivity index (χ4v) is 11.7. The van der Waals surface area contributed by atoms with Crippen molar-refractivity contribution in [3.63, 3.8) is 0 Å². The smallest absolute Gasteiger partial charge is 0.239 e. The summed E-state index contributed by atoms with van der Waals surface area (Å²) in [5.41, 5.74) is 2.28. The molecule has 1 spiro atoms. The van der Waals surface area contributed by atoms with Crippen LogP contribution in [0.1, 0.15) is 70.3 Å². The average Bonchev–Trinajstić information content (AvgIpc) is 4.03. The van der Waals surface area contributed by atoms with Gasteiger partial charge in [-0.2, -0.15) is 10.1 Å².